The zero-order valence-electron chi connectivity index (χ0n) is 13.2. The van der Waals surface area contributed by atoms with Crippen LogP contribution in [0.5, 0.6) is 0 Å². The second-order valence-corrected chi connectivity index (χ2v) is 6.38. The summed E-state index contributed by atoms with van der Waals surface area (Å²) < 4.78 is 2.03. The summed E-state index contributed by atoms with van der Waals surface area (Å²) in [6.07, 6.45) is 0. The Morgan fingerprint density at radius 3 is 2.71 bits per heavy atom. The van der Waals surface area contributed by atoms with Gasteiger partial charge in [-0.2, -0.15) is 5.10 Å². The van der Waals surface area contributed by atoms with Gasteiger partial charge in [-0.15, -0.1) is 11.3 Å². The molecule has 114 valence electrons. The third-order valence-corrected chi connectivity index (χ3v) is 4.22. The number of carbonyl (C=O) groups excluding carboxylic acids is 1. The molecule has 0 aliphatic rings. The fourth-order valence-corrected chi connectivity index (χ4v) is 3.14. The average Bonchev–Trinajstić information content (AvgIpc) is 2.92. The largest absolute Gasteiger partial charge is 0.377 e. The maximum absolute atomic E-state index is 11.2. The van der Waals surface area contributed by atoms with Gasteiger partial charge in [0.2, 0.25) is 5.91 Å². The van der Waals surface area contributed by atoms with Crippen LogP contribution in [0, 0.1) is 13.8 Å². The minimum atomic E-state index is -0.0466. The lowest BCUT2D eigenvalue weighted by Crippen LogP contribution is -2.09. The van der Waals surface area contributed by atoms with Crippen molar-refractivity contribution >= 4 is 28.6 Å². The molecule has 2 N–H and O–H groups in total. The first kappa shape index (κ1) is 15.6. The first-order valence-corrected chi connectivity index (χ1v) is 7.91. The molecule has 2 aromatic heterocycles. The molecule has 0 aromatic carbocycles. The molecule has 2 aromatic rings. The Balaban J connectivity index is 2.14. The predicted molar refractivity (Wildman–Crippen MR) is 88.0 cm³/mol. The summed E-state index contributed by atoms with van der Waals surface area (Å²) in [5.74, 6) is -0.0466. The zero-order valence-corrected chi connectivity index (χ0v) is 14.0. The summed E-state index contributed by atoms with van der Waals surface area (Å²) >= 11 is 1.63. The van der Waals surface area contributed by atoms with E-state index in [0.717, 1.165) is 27.6 Å². The van der Waals surface area contributed by atoms with Gasteiger partial charge in [-0.05, 0) is 39.1 Å². The van der Waals surface area contributed by atoms with Gasteiger partial charge in [0, 0.05) is 17.8 Å². The van der Waals surface area contributed by atoms with E-state index in [0.29, 0.717) is 12.6 Å². The Kier molecular flexibility index (Phi) is 4.67. The van der Waals surface area contributed by atoms with Crippen molar-refractivity contribution in [3.63, 3.8) is 0 Å². The number of aromatic nitrogens is 2. The number of anilines is 2. The molecule has 5 nitrogen and oxygen atoms in total. The van der Waals surface area contributed by atoms with E-state index in [9.17, 15) is 4.79 Å². The second-order valence-electron chi connectivity index (χ2n) is 5.38. The minimum Gasteiger partial charge on any atom is -0.377 e. The van der Waals surface area contributed by atoms with Crippen LogP contribution in [0.1, 0.15) is 43.1 Å². The normalized spacial score (nSPS) is 11.0. The van der Waals surface area contributed by atoms with Crippen molar-refractivity contribution in [2.45, 2.75) is 47.2 Å². The number of nitrogens with one attached hydrogen (secondary N) is 2. The molecule has 2 rings (SSSR count). The van der Waals surface area contributed by atoms with Crippen molar-refractivity contribution in [1.29, 1.82) is 0 Å². The first-order chi connectivity index (χ1) is 9.90. The van der Waals surface area contributed by atoms with Gasteiger partial charge in [-0.25, -0.2) is 0 Å². The van der Waals surface area contributed by atoms with E-state index in [1.165, 1.54) is 6.92 Å². The molecule has 1 amide bonds. The van der Waals surface area contributed by atoms with Gasteiger partial charge < -0.3 is 10.6 Å². The average molecular weight is 306 g/mol. The second kappa shape index (κ2) is 6.30. The molecule has 6 heteroatoms. The monoisotopic (exact) mass is 306 g/mol. The van der Waals surface area contributed by atoms with Crippen molar-refractivity contribution in [3.8, 4) is 0 Å². The van der Waals surface area contributed by atoms with Gasteiger partial charge in [0.05, 0.1) is 29.3 Å². The first-order valence-electron chi connectivity index (χ1n) is 7.03. The highest BCUT2D eigenvalue weighted by Crippen LogP contribution is 2.26. The Bertz CT molecular complexity index is 642. The van der Waals surface area contributed by atoms with Crippen LogP contribution >= 0.6 is 11.3 Å². The Labute approximate surface area is 129 Å². The molecule has 0 unspecified atom stereocenters. The van der Waals surface area contributed by atoms with Gasteiger partial charge in [-0.3, -0.25) is 9.48 Å². The number of aryl methyl sites for hydroxylation is 1. The molecule has 2 heterocycles. The molecule has 0 aliphatic heterocycles. The third-order valence-electron chi connectivity index (χ3n) is 3.30. The van der Waals surface area contributed by atoms with Crippen LogP contribution in [-0.2, 0) is 11.3 Å². The van der Waals surface area contributed by atoms with E-state index >= 15 is 0 Å². The lowest BCUT2D eigenvalue weighted by Gasteiger charge is -2.10. The summed E-state index contributed by atoms with van der Waals surface area (Å²) in [7, 11) is 0. The van der Waals surface area contributed by atoms with E-state index in [1.807, 2.05) is 23.1 Å². The molecular formula is C15H22N4OS. The Morgan fingerprint density at radius 1 is 1.43 bits per heavy atom. The highest BCUT2D eigenvalue weighted by molar-refractivity contribution is 7.10. The zero-order chi connectivity index (χ0) is 15.6. The molecule has 0 saturated carbocycles. The third kappa shape index (κ3) is 3.44. The number of rotatable bonds is 5. The predicted octanol–water partition coefficient (Wildman–Crippen LogP) is 3.71. The maximum Gasteiger partial charge on any atom is 0.221 e. The lowest BCUT2D eigenvalue weighted by molar-refractivity contribution is -0.114. The van der Waals surface area contributed by atoms with Crippen LogP contribution in [0.3, 0.4) is 0 Å². The highest BCUT2D eigenvalue weighted by Gasteiger charge is 2.14. The fourth-order valence-electron chi connectivity index (χ4n) is 2.37. The number of thiophene rings is 1. The SMILES string of the molecule is CC(=O)Nc1ccsc1CNc1c(C)nn(C(C)C)c1C. The van der Waals surface area contributed by atoms with Crippen molar-refractivity contribution in [2.24, 2.45) is 0 Å². The number of hydrogen-bond acceptors (Lipinski definition) is 4. The van der Waals surface area contributed by atoms with E-state index in [1.54, 1.807) is 11.3 Å². The number of hydrogen-bond donors (Lipinski definition) is 2. The van der Waals surface area contributed by atoms with Crippen molar-refractivity contribution < 1.29 is 4.79 Å². The van der Waals surface area contributed by atoms with Gasteiger partial charge in [-0.1, -0.05) is 0 Å². The Morgan fingerprint density at radius 2 is 2.14 bits per heavy atom. The quantitative estimate of drug-likeness (QED) is 0.885. The molecular weight excluding hydrogens is 284 g/mol. The summed E-state index contributed by atoms with van der Waals surface area (Å²) in [6.45, 7) is 10.5. The van der Waals surface area contributed by atoms with Crippen LogP contribution in [0.15, 0.2) is 11.4 Å². The van der Waals surface area contributed by atoms with Crippen LogP contribution in [-0.4, -0.2) is 15.7 Å². The molecule has 0 atom stereocenters. The summed E-state index contributed by atoms with van der Waals surface area (Å²) in [4.78, 5) is 12.3. The van der Waals surface area contributed by atoms with Crippen molar-refractivity contribution in [2.75, 3.05) is 10.6 Å². The highest BCUT2D eigenvalue weighted by atomic mass is 32.1. The number of amides is 1. The lowest BCUT2D eigenvalue weighted by atomic mass is 10.3. The van der Waals surface area contributed by atoms with E-state index < -0.39 is 0 Å². The number of nitrogens with zero attached hydrogens (tertiary/aromatic N) is 2. The van der Waals surface area contributed by atoms with E-state index in [2.05, 4.69) is 36.5 Å². The smallest absolute Gasteiger partial charge is 0.221 e. The minimum absolute atomic E-state index is 0.0466. The maximum atomic E-state index is 11.2. The van der Waals surface area contributed by atoms with Crippen molar-refractivity contribution in [3.05, 3.63) is 27.7 Å². The molecule has 21 heavy (non-hydrogen) atoms. The summed E-state index contributed by atoms with van der Waals surface area (Å²) in [5.41, 5.74) is 4.09. The number of carbonyl (C=O) groups is 1. The van der Waals surface area contributed by atoms with Gasteiger partial charge >= 0.3 is 0 Å². The summed E-state index contributed by atoms with van der Waals surface area (Å²) in [5, 5.41) is 12.9. The fraction of sp³-hybridized carbons (Fsp3) is 0.467. The van der Waals surface area contributed by atoms with Gasteiger partial charge in [0.25, 0.3) is 0 Å². The van der Waals surface area contributed by atoms with Crippen LogP contribution < -0.4 is 10.6 Å². The van der Waals surface area contributed by atoms with E-state index in [-0.39, 0.29) is 5.91 Å². The molecule has 0 bridgehead atoms. The van der Waals surface area contributed by atoms with Crippen molar-refractivity contribution in [1.82, 2.24) is 9.78 Å². The standard InChI is InChI=1S/C15H22N4OS/c1-9(2)19-11(4)15(10(3)18-19)16-8-14-13(6-7-21-14)17-12(5)20/h6-7,9,16H,8H2,1-5H3,(H,17,20). The molecule has 0 spiro atoms. The molecule has 0 saturated heterocycles. The van der Waals surface area contributed by atoms with Crippen LogP contribution in [0.25, 0.3) is 0 Å². The van der Waals surface area contributed by atoms with Gasteiger partial charge in [0.15, 0.2) is 0 Å². The van der Waals surface area contributed by atoms with Crippen LogP contribution in [0.2, 0.25) is 0 Å². The van der Waals surface area contributed by atoms with Gasteiger partial charge in [0.1, 0.15) is 0 Å². The Hall–Kier alpha value is -1.82. The van der Waals surface area contributed by atoms with Crippen LogP contribution in [0.4, 0.5) is 11.4 Å². The topological polar surface area (TPSA) is 59.0 Å². The molecule has 0 aliphatic carbocycles. The molecule has 0 fully saturated rings. The van der Waals surface area contributed by atoms with E-state index in [4.69, 9.17) is 0 Å². The molecule has 0 radical (unpaired) electrons. The summed E-state index contributed by atoms with van der Waals surface area (Å²) in [6, 6.07) is 2.27.